The molecular formula is C22H26ClN5OS. The van der Waals surface area contributed by atoms with Crippen molar-refractivity contribution in [2.24, 2.45) is 0 Å². The van der Waals surface area contributed by atoms with Crippen molar-refractivity contribution >= 4 is 41.2 Å². The second kappa shape index (κ2) is 10.3. The molecule has 0 radical (unpaired) electrons. The third-order valence-electron chi connectivity index (χ3n) is 5.11. The Balaban J connectivity index is 1.26. The molecule has 2 aliphatic rings. The number of piperazine rings is 1. The standard InChI is InChI=1S/C22H26ClN5OS/c23-19-15-20(26-22(25-19)30-16-21(29)24-18-8-9-18)28-13-11-27(12-14-28)10-4-7-17-5-2-1-3-6-17/h1-7,15,18H,8-14,16H2,(H,24,29)/b7-4+. The Kier molecular flexibility index (Phi) is 7.25. The number of amides is 1. The van der Waals surface area contributed by atoms with Crippen LogP contribution in [0.3, 0.4) is 0 Å². The lowest BCUT2D eigenvalue weighted by Gasteiger charge is -2.35. The van der Waals surface area contributed by atoms with Crippen LogP contribution in [0.25, 0.3) is 6.08 Å². The second-order valence-corrected chi connectivity index (χ2v) is 8.89. The van der Waals surface area contributed by atoms with Crippen LogP contribution >= 0.6 is 23.4 Å². The molecule has 0 atom stereocenters. The first-order valence-corrected chi connectivity index (χ1v) is 11.7. The summed E-state index contributed by atoms with van der Waals surface area (Å²) in [5.74, 6) is 1.18. The lowest BCUT2D eigenvalue weighted by Crippen LogP contribution is -2.46. The topological polar surface area (TPSA) is 61.4 Å². The Bertz CT molecular complexity index is 882. The highest BCUT2D eigenvalue weighted by molar-refractivity contribution is 7.99. The molecule has 6 nitrogen and oxygen atoms in total. The fourth-order valence-corrected chi connectivity index (χ4v) is 4.19. The number of carbonyl (C=O) groups is 1. The molecule has 2 fully saturated rings. The van der Waals surface area contributed by atoms with Gasteiger partial charge in [0.2, 0.25) is 5.91 Å². The summed E-state index contributed by atoms with van der Waals surface area (Å²) in [6, 6.07) is 12.5. The van der Waals surface area contributed by atoms with E-state index in [0.29, 0.717) is 22.1 Å². The van der Waals surface area contributed by atoms with Gasteiger partial charge in [-0.2, -0.15) is 0 Å². The number of hydrogen-bond acceptors (Lipinski definition) is 6. The number of carbonyl (C=O) groups excluding carboxylic acids is 1. The number of nitrogens with zero attached hydrogens (tertiary/aromatic N) is 4. The maximum absolute atomic E-state index is 11.9. The van der Waals surface area contributed by atoms with Crippen LogP contribution in [0.1, 0.15) is 18.4 Å². The molecule has 4 rings (SSSR count). The summed E-state index contributed by atoms with van der Waals surface area (Å²) < 4.78 is 0. The van der Waals surface area contributed by atoms with Crippen LogP contribution in [-0.2, 0) is 4.79 Å². The van der Waals surface area contributed by atoms with E-state index in [0.717, 1.165) is 51.4 Å². The first kappa shape index (κ1) is 21.2. The predicted octanol–water partition coefficient (Wildman–Crippen LogP) is 3.34. The molecule has 1 aliphatic carbocycles. The minimum atomic E-state index is 0.0322. The zero-order chi connectivity index (χ0) is 20.8. The van der Waals surface area contributed by atoms with Gasteiger partial charge in [-0.1, -0.05) is 65.8 Å². The summed E-state index contributed by atoms with van der Waals surface area (Å²) in [6.45, 7) is 4.64. The predicted molar refractivity (Wildman–Crippen MR) is 123 cm³/mol. The molecule has 1 amide bonds. The molecular weight excluding hydrogens is 418 g/mol. The zero-order valence-electron chi connectivity index (χ0n) is 16.8. The summed E-state index contributed by atoms with van der Waals surface area (Å²) in [5.41, 5.74) is 1.22. The van der Waals surface area contributed by atoms with Crippen LogP contribution in [0.5, 0.6) is 0 Å². The highest BCUT2D eigenvalue weighted by Gasteiger charge is 2.23. The average Bonchev–Trinajstić information content (AvgIpc) is 3.57. The van der Waals surface area contributed by atoms with Crippen molar-refractivity contribution in [3.8, 4) is 0 Å². The van der Waals surface area contributed by atoms with Crippen LogP contribution < -0.4 is 10.2 Å². The van der Waals surface area contributed by atoms with E-state index in [9.17, 15) is 4.79 Å². The quantitative estimate of drug-likeness (QED) is 0.383. The Hall–Kier alpha value is -2.09. The summed E-state index contributed by atoms with van der Waals surface area (Å²) in [5, 5.41) is 3.95. The van der Waals surface area contributed by atoms with Gasteiger partial charge in [0.05, 0.1) is 5.75 Å². The fourth-order valence-electron chi connectivity index (χ4n) is 3.30. The van der Waals surface area contributed by atoms with Gasteiger partial charge in [0.15, 0.2) is 5.16 Å². The summed E-state index contributed by atoms with van der Waals surface area (Å²) in [4.78, 5) is 25.5. The monoisotopic (exact) mass is 443 g/mol. The van der Waals surface area contributed by atoms with Crippen LogP contribution in [0, 0.1) is 0 Å². The molecule has 1 aromatic carbocycles. The lowest BCUT2D eigenvalue weighted by molar-refractivity contribution is -0.118. The van der Waals surface area contributed by atoms with Crippen LogP contribution in [0.2, 0.25) is 5.15 Å². The highest BCUT2D eigenvalue weighted by Crippen LogP contribution is 2.23. The molecule has 1 aliphatic heterocycles. The molecule has 1 saturated carbocycles. The molecule has 2 aromatic rings. The molecule has 30 heavy (non-hydrogen) atoms. The third-order valence-corrected chi connectivity index (χ3v) is 6.15. The molecule has 1 saturated heterocycles. The first-order chi connectivity index (χ1) is 14.7. The van der Waals surface area contributed by atoms with E-state index in [4.69, 9.17) is 11.6 Å². The average molecular weight is 444 g/mol. The molecule has 0 unspecified atom stereocenters. The van der Waals surface area contributed by atoms with Crippen molar-refractivity contribution in [3.63, 3.8) is 0 Å². The number of anilines is 1. The van der Waals surface area contributed by atoms with Crippen molar-refractivity contribution < 1.29 is 4.79 Å². The zero-order valence-corrected chi connectivity index (χ0v) is 18.4. The number of nitrogens with one attached hydrogen (secondary N) is 1. The summed E-state index contributed by atoms with van der Waals surface area (Å²) >= 11 is 7.56. The molecule has 158 valence electrons. The largest absolute Gasteiger partial charge is 0.354 e. The minimum absolute atomic E-state index is 0.0322. The summed E-state index contributed by atoms with van der Waals surface area (Å²) in [6.07, 6.45) is 6.55. The molecule has 1 N–H and O–H groups in total. The van der Waals surface area contributed by atoms with Crippen molar-refractivity contribution in [3.05, 3.63) is 53.2 Å². The van der Waals surface area contributed by atoms with E-state index in [-0.39, 0.29) is 5.91 Å². The van der Waals surface area contributed by atoms with Crippen LogP contribution in [0.15, 0.2) is 47.6 Å². The lowest BCUT2D eigenvalue weighted by atomic mass is 10.2. The Labute approximate surface area is 186 Å². The van der Waals surface area contributed by atoms with Gasteiger partial charge in [-0.15, -0.1) is 0 Å². The van der Waals surface area contributed by atoms with Gasteiger partial charge >= 0.3 is 0 Å². The van der Waals surface area contributed by atoms with Gasteiger partial charge in [0.1, 0.15) is 11.0 Å². The molecule has 1 aromatic heterocycles. The number of hydrogen-bond donors (Lipinski definition) is 1. The van der Waals surface area contributed by atoms with Gasteiger partial charge < -0.3 is 10.2 Å². The SMILES string of the molecule is O=C(CSc1nc(Cl)cc(N2CCN(C/C=C/c3ccccc3)CC2)n1)NC1CC1. The van der Waals surface area contributed by atoms with Gasteiger partial charge in [0.25, 0.3) is 0 Å². The van der Waals surface area contributed by atoms with E-state index in [2.05, 4.69) is 61.5 Å². The number of benzene rings is 1. The number of aromatic nitrogens is 2. The van der Waals surface area contributed by atoms with Crippen LogP contribution in [-0.4, -0.2) is 65.3 Å². The number of thioether (sulfide) groups is 1. The smallest absolute Gasteiger partial charge is 0.230 e. The highest BCUT2D eigenvalue weighted by atomic mass is 35.5. The molecule has 8 heteroatoms. The van der Waals surface area contributed by atoms with Crippen molar-refractivity contribution in [2.45, 2.75) is 24.0 Å². The minimum Gasteiger partial charge on any atom is -0.354 e. The maximum atomic E-state index is 11.9. The fraction of sp³-hybridized carbons (Fsp3) is 0.409. The molecule has 0 spiro atoms. The van der Waals surface area contributed by atoms with Gasteiger partial charge in [0, 0.05) is 44.8 Å². The molecule has 0 bridgehead atoms. The van der Waals surface area contributed by atoms with Crippen molar-refractivity contribution in [2.75, 3.05) is 43.4 Å². The van der Waals surface area contributed by atoms with Crippen molar-refractivity contribution in [1.82, 2.24) is 20.2 Å². The van der Waals surface area contributed by atoms with Gasteiger partial charge in [-0.3, -0.25) is 9.69 Å². The Morgan fingerprint density at radius 1 is 1.17 bits per heavy atom. The maximum Gasteiger partial charge on any atom is 0.230 e. The molecule has 2 heterocycles. The second-order valence-electron chi connectivity index (χ2n) is 7.56. The Morgan fingerprint density at radius 2 is 1.93 bits per heavy atom. The van der Waals surface area contributed by atoms with E-state index < -0.39 is 0 Å². The van der Waals surface area contributed by atoms with Crippen molar-refractivity contribution in [1.29, 1.82) is 0 Å². The Morgan fingerprint density at radius 3 is 2.67 bits per heavy atom. The van der Waals surface area contributed by atoms with E-state index >= 15 is 0 Å². The first-order valence-electron chi connectivity index (χ1n) is 10.3. The number of rotatable bonds is 8. The van der Waals surface area contributed by atoms with E-state index in [1.807, 2.05) is 6.07 Å². The third kappa shape index (κ3) is 6.45. The van der Waals surface area contributed by atoms with Crippen LogP contribution in [0.4, 0.5) is 5.82 Å². The normalized spacial score (nSPS) is 17.4. The number of halogens is 1. The van der Waals surface area contributed by atoms with E-state index in [1.54, 1.807) is 6.07 Å². The van der Waals surface area contributed by atoms with E-state index in [1.165, 1.54) is 17.3 Å². The van der Waals surface area contributed by atoms with Gasteiger partial charge in [-0.05, 0) is 18.4 Å². The van der Waals surface area contributed by atoms with Gasteiger partial charge in [-0.25, -0.2) is 9.97 Å². The summed E-state index contributed by atoms with van der Waals surface area (Å²) in [7, 11) is 0.